The lowest BCUT2D eigenvalue weighted by Crippen LogP contribution is -2.22. The van der Waals surface area contributed by atoms with E-state index in [9.17, 15) is 0 Å². The van der Waals surface area contributed by atoms with Crippen LogP contribution in [0.3, 0.4) is 0 Å². The molecule has 2 aliphatic rings. The molecule has 1 fully saturated rings. The minimum atomic E-state index is 0.356. The van der Waals surface area contributed by atoms with Crippen LogP contribution in [-0.4, -0.2) is 24.2 Å². The van der Waals surface area contributed by atoms with Crippen molar-refractivity contribution in [1.82, 2.24) is 4.90 Å². The molecule has 48 valence electrons. The van der Waals surface area contributed by atoms with Gasteiger partial charge in [0.25, 0.3) is 0 Å². The van der Waals surface area contributed by atoms with Gasteiger partial charge in [-0.15, -0.1) is 6.54 Å². The van der Waals surface area contributed by atoms with Gasteiger partial charge in [-0.1, -0.05) is 12.2 Å². The summed E-state index contributed by atoms with van der Waals surface area (Å²) >= 11 is 0. The van der Waals surface area contributed by atoms with E-state index in [4.69, 9.17) is 0 Å². The molecule has 2 heterocycles. The minimum Gasteiger partial charge on any atom is -0.637 e. The van der Waals surface area contributed by atoms with E-state index in [1.165, 1.54) is 0 Å². The predicted octanol–water partition coefficient (Wildman–Crippen LogP) is 1.09. The maximum absolute atomic E-state index is 4.35. The Morgan fingerprint density at radius 1 is 1.44 bits per heavy atom. The van der Waals surface area contributed by atoms with E-state index in [0.717, 1.165) is 13.1 Å². The second-order valence-electron chi connectivity index (χ2n) is 2.28. The second-order valence-corrected chi connectivity index (χ2v) is 2.28. The molecule has 0 aromatic heterocycles. The van der Waals surface area contributed by atoms with Crippen LogP contribution in [0, 0.1) is 0 Å². The van der Waals surface area contributed by atoms with Crippen molar-refractivity contribution in [1.29, 1.82) is 0 Å². The number of hydrogen-bond acceptors (Lipinski definition) is 1. The molecule has 0 N–H and O–H groups in total. The number of allylic oxidation sites excluding steroid dienone is 2. The van der Waals surface area contributed by atoms with Gasteiger partial charge in [0.05, 0.1) is 0 Å². The second kappa shape index (κ2) is 1.88. The Morgan fingerprint density at radius 2 is 2.44 bits per heavy atom. The van der Waals surface area contributed by atoms with Crippen LogP contribution < -0.4 is 0 Å². The highest BCUT2D eigenvalue weighted by atomic mass is 15.3. The summed E-state index contributed by atoms with van der Waals surface area (Å²) in [6, 6.07) is 0. The maximum atomic E-state index is 4.35. The van der Waals surface area contributed by atoms with Crippen LogP contribution in [0.2, 0.25) is 0 Å². The third-order valence-corrected chi connectivity index (χ3v) is 1.69. The number of nitrogens with zero attached hydrogens (tertiary/aromatic N) is 2. The molecule has 2 aliphatic heterocycles. The van der Waals surface area contributed by atoms with Crippen molar-refractivity contribution in [2.45, 2.75) is 6.17 Å². The molecule has 0 bridgehead atoms. The fourth-order valence-corrected chi connectivity index (χ4v) is 1.20. The summed E-state index contributed by atoms with van der Waals surface area (Å²) in [6.07, 6.45) is 8.68. The van der Waals surface area contributed by atoms with Crippen molar-refractivity contribution < 1.29 is 0 Å². The van der Waals surface area contributed by atoms with Gasteiger partial charge in [0.15, 0.2) is 0 Å². The molecule has 2 heteroatoms. The van der Waals surface area contributed by atoms with E-state index >= 15 is 0 Å². The van der Waals surface area contributed by atoms with E-state index in [-0.39, 0.29) is 0 Å². The highest BCUT2D eigenvalue weighted by Crippen LogP contribution is 2.19. The van der Waals surface area contributed by atoms with Crippen molar-refractivity contribution >= 4 is 0 Å². The summed E-state index contributed by atoms with van der Waals surface area (Å²) in [5, 5.41) is 4.35. The Balaban J connectivity index is 2.18. The molecule has 1 unspecified atom stereocenters. The van der Waals surface area contributed by atoms with Gasteiger partial charge in [-0.3, -0.25) is 0 Å². The SMILES string of the molecule is C1=CC2[N-]CCN2C=C1. The quantitative estimate of drug-likeness (QED) is 0.469. The van der Waals surface area contributed by atoms with E-state index in [2.05, 4.69) is 34.6 Å². The van der Waals surface area contributed by atoms with E-state index in [1.54, 1.807) is 0 Å². The molecule has 0 radical (unpaired) electrons. The van der Waals surface area contributed by atoms with Crippen LogP contribution in [0.1, 0.15) is 0 Å². The van der Waals surface area contributed by atoms with Crippen molar-refractivity contribution in [2.75, 3.05) is 13.1 Å². The first-order valence-electron chi connectivity index (χ1n) is 3.24. The van der Waals surface area contributed by atoms with Crippen molar-refractivity contribution in [3.63, 3.8) is 0 Å². The Kier molecular flexibility index (Phi) is 1.06. The van der Waals surface area contributed by atoms with Gasteiger partial charge in [-0.2, -0.15) is 0 Å². The van der Waals surface area contributed by atoms with Gasteiger partial charge in [0.2, 0.25) is 0 Å². The molecule has 0 saturated carbocycles. The molecule has 0 aliphatic carbocycles. The highest BCUT2D eigenvalue weighted by molar-refractivity contribution is 5.21. The van der Waals surface area contributed by atoms with Crippen molar-refractivity contribution in [3.8, 4) is 0 Å². The predicted molar refractivity (Wildman–Crippen MR) is 37.0 cm³/mol. The van der Waals surface area contributed by atoms with Crippen molar-refractivity contribution in [2.24, 2.45) is 0 Å². The first kappa shape index (κ1) is 5.06. The third kappa shape index (κ3) is 0.754. The van der Waals surface area contributed by atoms with Crippen LogP contribution in [0.25, 0.3) is 5.32 Å². The lowest BCUT2D eigenvalue weighted by atomic mass is 10.3. The van der Waals surface area contributed by atoms with Crippen molar-refractivity contribution in [3.05, 3.63) is 29.7 Å². The number of rotatable bonds is 0. The van der Waals surface area contributed by atoms with Crippen LogP contribution in [0.5, 0.6) is 0 Å². The summed E-state index contributed by atoms with van der Waals surface area (Å²) in [5.74, 6) is 0. The van der Waals surface area contributed by atoms with Gasteiger partial charge in [0, 0.05) is 0 Å². The largest absolute Gasteiger partial charge is 0.637 e. The number of fused-ring (bicyclic) bond motifs is 1. The van der Waals surface area contributed by atoms with Gasteiger partial charge >= 0.3 is 0 Å². The van der Waals surface area contributed by atoms with Crippen LogP contribution in [-0.2, 0) is 0 Å². The molecular formula is C7H9N2-. The first-order chi connectivity index (χ1) is 4.47. The minimum absolute atomic E-state index is 0.356. The summed E-state index contributed by atoms with van der Waals surface area (Å²) in [5.41, 5.74) is 0. The molecule has 1 atom stereocenters. The molecule has 9 heavy (non-hydrogen) atoms. The van der Waals surface area contributed by atoms with E-state index < -0.39 is 0 Å². The molecule has 2 nitrogen and oxygen atoms in total. The maximum Gasteiger partial charge on any atom is -0.00216 e. The normalized spacial score (nSPS) is 31.1. The zero-order valence-electron chi connectivity index (χ0n) is 5.20. The van der Waals surface area contributed by atoms with Crippen LogP contribution in [0.4, 0.5) is 0 Å². The van der Waals surface area contributed by atoms with E-state index in [0.29, 0.717) is 6.17 Å². The molecular weight excluding hydrogens is 112 g/mol. The monoisotopic (exact) mass is 121 g/mol. The van der Waals surface area contributed by atoms with Gasteiger partial charge in [-0.05, 0) is 25.0 Å². The van der Waals surface area contributed by atoms with Gasteiger partial charge < -0.3 is 10.2 Å². The summed E-state index contributed by atoms with van der Waals surface area (Å²) in [6.45, 7) is 2.07. The van der Waals surface area contributed by atoms with E-state index in [1.807, 2.05) is 0 Å². The topological polar surface area (TPSA) is 17.3 Å². The average molecular weight is 121 g/mol. The standard InChI is InChI=1S/C7H9N2/c1-2-5-9-6-4-8-7(9)3-1/h1-3,5,7H,4,6H2/q-1. The lowest BCUT2D eigenvalue weighted by molar-refractivity contribution is 0.417. The zero-order chi connectivity index (χ0) is 6.10. The smallest absolute Gasteiger partial charge is 0.00216 e. The molecule has 0 spiro atoms. The van der Waals surface area contributed by atoms with Gasteiger partial charge in [0.1, 0.15) is 0 Å². The first-order valence-corrected chi connectivity index (χ1v) is 3.24. The average Bonchev–Trinajstić information content (AvgIpc) is 2.33. The van der Waals surface area contributed by atoms with Gasteiger partial charge in [-0.25, -0.2) is 0 Å². The molecule has 0 aromatic carbocycles. The molecule has 0 amide bonds. The third-order valence-electron chi connectivity index (χ3n) is 1.69. The summed E-state index contributed by atoms with van der Waals surface area (Å²) < 4.78 is 0. The lowest BCUT2D eigenvalue weighted by Gasteiger charge is -2.29. The fraction of sp³-hybridized carbons (Fsp3) is 0.429. The highest BCUT2D eigenvalue weighted by Gasteiger charge is 2.08. The van der Waals surface area contributed by atoms with Crippen LogP contribution in [0.15, 0.2) is 24.4 Å². The molecule has 2 rings (SSSR count). The Hall–Kier alpha value is -0.760. The molecule has 1 saturated heterocycles. The summed E-state index contributed by atoms with van der Waals surface area (Å²) in [7, 11) is 0. The molecule has 0 aromatic rings. The number of hydrogen-bond donors (Lipinski definition) is 0. The summed E-state index contributed by atoms with van der Waals surface area (Å²) in [4.78, 5) is 2.24. The Morgan fingerprint density at radius 3 is 3.33 bits per heavy atom. The zero-order valence-corrected chi connectivity index (χ0v) is 5.20. The fourth-order valence-electron chi connectivity index (χ4n) is 1.20. The van der Waals surface area contributed by atoms with Crippen LogP contribution >= 0.6 is 0 Å². The Bertz CT molecular complexity index is 142. The Labute approximate surface area is 54.8 Å².